The molecule has 0 spiro atoms. The summed E-state index contributed by atoms with van der Waals surface area (Å²) in [6.07, 6.45) is 14.4. The van der Waals surface area contributed by atoms with E-state index in [9.17, 15) is 0 Å². The van der Waals surface area contributed by atoms with E-state index in [2.05, 4.69) is 143 Å². The Balaban J connectivity index is -0.0000000102. The molecule has 0 aromatic heterocycles. The van der Waals surface area contributed by atoms with Gasteiger partial charge in [-0.3, -0.25) is 61.1 Å². The van der Waals surface area contributed by atoms with Gasteiger partial charge in [-0.25, -0.2) is 0 Å². The van der Waals surface area contributed by atoms with Gasteiger partial charge in [0.1, 0.15) is 0 Å². The van der Waals surface area contributed by atoms with Crippen molar-refractivity contribution in [2.24, 2.45) is 11.8 Å². The van der Waals surface area contributed by atoms with Crippen LogP contribution in [-0.4, -0.2) is 74.3 Å². The summed E-state index contributed by atoms with van der Waals surface area (Å²) in [6, 6.07) is 0. The zero-order valence-electron chi connectivity index (χ0n) is 31.3. The molecule has 0 bridgehead atoms. The van der Waals surface area contributed by atoms with E-state index in [0.29, 0.717) is 0 Å². The van der Waals surface area contributed by atoms with Crippen molar-refractivity contribution in [3.8, 4) is 0 Å². The van der Waals surface area contributed by atoms with Crippen LogP contribution in [0.1, 0.15) is 79.5 Å². The Hall–Kier alpha value is -0.294. The van der Waals surface area contributed by atoms with Crippen molar-refractivity contribution in [3.63, 3.8) is 0 Å². The van der Waals surface area contributed by atoms with Gasteiger partial charge in [0.15, 0.2) is 0 Å². The molecule has 309 valence electrons. The molecule has 3 aliphatic rings. The van der Waals surface area contributed by atoms with Crippen LogP contribution in [0.2, 0.25) is 0 Å². The fraction of sp³-hybridized carbons (Fsp3) is 0.500. The van der Waals surface area contributed by atoms with Crippen LogP contribution in [0.5, 0.6) is 0 Å². The average Bonchev–Trinajstić information content (AvgIpc) is 4.08. The Labute approximate surface area is 398 Å². The molecule has 21 heteroatoms. The molecule has 53 heavy (non-hydrogen) atoms. The molecule has 0 aromatic carbocycles. The molecule has 0 unspecified atom stereocenters. The van der Waals surface area contributed by atoms with Gasteiger partial charge in [0.2, 0.25) is 0 Å². The van der Waals surface area contributed by atoms with E-state index in [-0.39, 0.29) is 99.5 Å². The van der Waals surface area contributed by atoms with Gasteiger partial charge in [0.25, 0.3) is 0 Å². The number of halogens is 1. The molecule has 0 amide bonds. The quantitative estimate of drug-likeness (QED) is 0.111. The Morgan fingerprint density at radius 1 is 0.453 bits per heavy atom. The standard InChI is InChI=1S/2C6H12.C4H8O.9CHO.5CO.2CH3.HI.2Mn.Na.2Ru.H/c2*1-6-4-2-3-5-6;1-2-4-5-3-1;14*1-2;;;;;;;;;/h2*6H,2-5H2,1H3;1-4H2;9*1H;;;;;;2*1H3;1H;;;;;;/q;;;9*-1;;;;;;2*-1;;;;+1;+3;+4;-1/p-1. The molecule has 0 aromatic rings. The second-order valence-corrected chi connectivity index (χ2v) is 6.10. The van der Waals surface area contributed by atoms with Crippen molar-refractivity contribution in [1.82, 2.24) is 0 Å². The summed E-state index contributed by atoms with van der Waals surface area (Å²) >= 11 is 4.40. The van der Waals surface area contributed by atoms with E-state index in [1.807, 2.05) is 0 Å². The van der Waals surface area contributed by atoms with Crippen LogP contribution >= 0.6 is 19.8 Å². The normalized spacial score (nSPS) is 9.00. The molecule has 15 nitrogen and oxygen atoms in total. The van der Waals surface area contributed by atoms with Gasteiger partial charge in [0.05, 0.1) is 0 Å². The van der Waals surface area contributed by atoms with Crippen molar-refractivity contribution in [2.75, 3.05) is 13.2 Å². The molecule has 3 fully saturated rings. The van der Waals surface area contributed by atoms with Crippen molar-refractivity contribution in [3.05, 3.63) is 48.1 Å². The molecule has 0 N–H and O–H groups in total. The van der Waals surface area contributed by atoms with Crippen LogP contribution in [0.15, 0.2) is 0 Å². The summed E-state index contributed by atoms with van der Waals surface area (Å²) in [6.45, 7) is 58.4. The zero-order chi connectivity index (χ0) is 42.3. The van der Waals surface area contributed by atoms with Crippen molar-refractivity contribution in [1.29, 1.82) is 0 Å². The van der Waals surface area contributed by atoms with E-state index >= 15 is 0 Å². The minimum atomic E-state index is 0. The predicted molar refractivity (Wildman–Crippen MR) is 184 cm³/mol. The van der Waals surface area contributed by atoms with Crippen molar-refractivity contribution in [2.45, 2.75) is 78.1 Å². The maximum absolute atomic E-state index is 7.75. The Morgan fingerprint density at radius 2 is 0.566 bits per heavy atom. The van der Waals surface area contributed by atoms with E-state index in [0.717, 1.165) is 25.0 Å². The number of rotatable bonds is 0. The van der Waals surface area contributed by atoms with E-state index in [1.165, 1.54) is 64.2 Å². The first-order chi connectivity index (χ1) is 23.3. The molecule has 1 saturated heterocycles. The van der Waals surface area contributed by atoms with E-state index in [4.69, 9.17) is 71.1 Å². The van der Waals surface area contributed by atoms with Gasteiger partial charge in [-0.2, -0.15) is 0 Å². The fourth-order valence-electron chi connectivity index (χ4n) is 2.77. The molecule has 3 rings (SSSR count). The first-order valence-corrected chi connectivity index (χ1v) is 16.3. The van der Waals surface area contributed by atoms with Gasteiger partial charge in [-0.15, -0.1) is 0 Å². The topological polar surface area (TPSA) is 262 Å². The summed E-state index contributed by atoms with van der Waals surface area (Å²) < 4.78 is 42.4. The summed E-state index contributed by atoms with van der Waals surface area (Å²) in [5.74, 6) is 2.09. The predicted octanol–water partition coefficient (Wildman–Crippen LogP) is 1.43. The summed E-state index contributed by atoms with van der Waals surface area (Å²) in [4.78, 5) is 69.8. The molecule has 1 heterocycles. The second-order valence-electron chi connectivity index (χ2n) is 6.10. The van der Waals surface area contributed by atoms with Crippen LogP contribution in [0.25, 0.3) is 0 Å². The molecule has 2 saturated carbocycles. The van der Waals surface area contributed by atoms with Crippen LogP contribution in [0.4, 0.5) is 0 Å². The van der Waals surface area contributed by atoms with E-state index in [1.54, 1.807) is 0 Å². The number of carbonyl (C=O) groups excluding carboxylic acids is 9. The molecule has 0 atom stereocenters. The number of ether oxygens (including phenoxy) is 1. The first kappa shape index (κ1) is 140. The molecular formula is C32H48IMn2NaO15Ru2-5. The number of hydrogen-bond donors (Lipinski definition) is 0. The summed E-state index contributed by atoms with van der Waals surface area (Å²) in [5.41, 5.74) is 0. The van der Waals surface area contributed by atoms with Crippen molar-refractivity contribution >= 4 is 80.9 Å². The summed E-state index contributed by atoms with van der Waals surface area (Å²) in [5, 5.41) is 0. The third-order valence-corrected chi connectivity index (χ3v) is 4.12. The van der Waals surface area contributed by atoms with Crippen LogP contribution in [0, 0.1) is 59.9 Å². The third-order valence-electron chi connectivity index (χ3n) is 4.12. The maximum atomic E-state index is 7.75. The Bertz CT molecular complexity index is 430. The van der Waals surface area contributed by atoms with Gasteiger partial charge >= 0.3 is 140 Å². The zero-order valence-corrected chi connectivity index (χ0v) is 40.3. The second kappa shape index (κ2) is 380. The van der Waals surface area contributed by atoms with Crippen LogP contribution in [0.3, 0.4) is 0 Å². The average molecular weight is 1130 g/mol. The molecule has 2 aliphatic carbocycles. The van der Waals surface area contributed by atoms with Gasteiger partial charge < -0.3 is 64.2 Å². The van der Waals surface area contributed by atoms with Gasteiger partial charge in [-0.1, -0.05) is 65.2 Å². The van der Waals surface area contributed by atoms with Gasteiger partial charge in [0, 0.05) is 47.4 Å². The van der Waals surface area contributed by atoms with Gasteiger partial charge in [-0.05, 0) is 24.7 Å². The fourth-order valence-corrected chi connectivity index (χ4v) is 2.77. The monoisotopic (exact) mass is 1140 g/mol. The first-order valence-electron chi connectivity index (χ1n) is 11.1. The molecule has 3 radical (unpaired) electrons. The van der Waals surface area contributed by atoms with E-state index < -0.39 is 0 Å². The number of hydrogen-bond acceptors (Lipinski definition) is 10. The minimum absolute atomic E-state index is 0. The van der Waals surface area contributed by atoms with Crippen LogP contribution < -0.4 is 29.6 Å². The molecular weight excluding hydrogens is 1090 g/mol. The summed E-state index contributed by atoms with van der Waals surface area (Å²) in [7, 11) is 0. The SMILES string of the molecule is C1CCOC1.CC1CCCC1.CC1CCCC1.[C-]#[O+].[C-]#[O+].[C-]#[O+].[C-]#[O+].[C-]#[O+].[CH-]=O.[CH-]=O.[CH-]=O.[CH-]=O.[CH-]=O.[CH-]=O.[CH-]=O.[CH-]=O.[CH-]=O.[CH3-].[CH3-].[H-].[Mn].[Mn].[Na+].[Ru+3].[Ru+3][I]. The van der Waals surface area contributed by atoms with Crippen molar-refractivity contribution < 1.29 is 171 Å². The third kappa shape index (κ3) is 365. The Morgan fingerprint density at radius 3 is 0.604 bits per heavy atom. The molecule has 1 aliphatic heterocycles. The van der Waals surface area contributed by atoms with Crippen LogP contribution in [-0.2, 0) is 140 Å². The Kier molecular flexibility index (Phi) is 1000.